The molecule has 0 aliphatic heterocycles. The van der Waals surface area contributed by atoms with Crippen LogP contribution >= 0.6 is 15.9 Å². The smallest absolute Gasteiger partial charge is 0.129 e. The minimum Gasteiger partial charge on any atom is -0.488 e. The van der Waals surface area contributed by atoms with E-state index in [-0.39, 0.29) is 12.4 Å². The van der Waals surface area contributed by atoms with Gasteiger partial charge in [-0.1, -0.05) is 27.2 Å². The van der Waals surface area contributed by atoms with Crippen LogP contribution in [-0.2, 0) is 6.61 Å². The summed E-state index contributed by atoms with van der Waals surface area (Å²) < 4.78 is 19.8. The van der Waals surface area contributed by atoms with Gasteiger partial charge in [-0.05, 0) is 55.3 Å². The maximum absolute atomic E-state index is 13.3. The molecule has 2 rings (SSSR count). The zero-order valence-corrected chi connectivity index (χ0v) is 13.3. The largest absolute Gasteiger partial charge is 0.488 e. The number of ether oxygens (including phenoxy) is 1. The normalized spacial score (nSPS) is 11.5. The highest BCUT2D eigenvalue weighted by Gasteiger charge is 2.09. The van der Waals surface area contributed by atoms with Gasteiger partial charge in [-0.15, -0.1) is 0 Å². The van der Waals surface area contributed by atoms with Gasteiger partial charge in [0.05, 0.1) is 5.71 Å². The number of halogens is 2. The molecule has 21 heavy (non-hydrogen) atoms. The minimum absolute atomic E-state index is 0.228. The number of nitrogens with zero attached hydrogens (tertiary/aromatic N) is 1. The van der Waals surface area contributed by atoms with Gasteiger partial charge in [-0.2, -0.15) is 0 Å². The lowest BCUT2D eigenvalue weighted by Gasteiger charge is -2.12. The number of oxime groups is 1. The molecule has 2 aromatic carbocycles. The van der Waals surface area contributed by atoms with E-state index in [0.717, 1.165) is 5.56 Å². The fourth-order valence-corrected chi connectivity index (χ4v) is 2.47. The van der Waals surface area contributed by atoms with Gasteiger partial charge >= 0.3 is 0 Å². The fourth-order valence-electron chi connectivity index (χ4n) is 1.96. The predicted molar refractivity (Wildman–Crippen MR) is 83.6 cm³/mol. The van der Waals surface area contributed by atoms with Gasteiger partial charge in [0.1, 0.15) is 18.2 Å². The molecule has 0 heterocycles. The molecule has 0 atom stereocenters. The molecule has 0 aromatic heterocycles. The lowest BCUT2D eigenvalue weighted by atomic mass is 10.1. The van der Waals surface area contributed by atoms with E-state index in [1.165, 1.54) is 12.1 Å². The number of benzene rings is 2. The first-order valence-electron chi connectivity index (χ1n) is 6.37. The average molecular weight is 352 g/mol. The molecule has 0 amide bonds. The van der Waals surface area contributed by atoms with Crippen molar-refractivity contribution in [2.24, 2.45) is 5.16 Å². The summed E-state index contributed by atoms with van der Waals surface area (Å²) in [6, 6.07) is 10.2. The zero-order valence-electron chi connectivity index (χ0n) is 11.7. The second kappa shape index (κ2) is 6.72. The van der Waals surface area contributed by atoms with Crippen molar-refractivity contribution in [3.05, 3.63) is 63.4 Å². The van der Waals surface area contributed by atoms with E-state index in [4.69, 9.17) is 9.94 Å². The van der Waals surface area contributed by atoms with E-state index in [0.29, 0.717) is 27.1 Å². The molecular formula is C16H15BrFNO2. The molecule has 0 bridgehead atoms. The Hall–Kier alpha value is -1.88. The fraction of sp³-hybridized carbons (Fsp3) is 0.188. The van der Waals surface area contributed by atoms with Gasteiger partial charge in [0, 0.05) is 10.0 Å². The Bertz CT molecular complexity index is 666. The summed E-state index contributed by atoms with van der Waals surface area (Å²) in [5.74, 6) is 0.284. The molecule has 3 nitrogen and oxygen atoms in total. The van der Waals surface area contributed by atoms with Crippen molar-refractivity contribution in [3.63, 3.8) is 0 Å². The molecule has 0 saturated carbocycles. The predicted octanol–water partition coefficient (Wildman–Crippen LogP) is 4.67. The van der Waals surface area contributed by atoms with Crippen LogP contribution in [0.2, 0.25) is 0 Å². The molecule has 0 aliphatic carbocycles. The van der Waals surface area contributed by atoms with Gasteiger partial charge in [0.2, 0.25) is 0 Å². The Kier molecular flexibility index (Phi) is 4.96. The van der Waals surface area contributed by atoms with Crippen molar-refractivity contribution in [2.45, 2.75) is 20.5 Å². The topological polar surface area (TPSA) is 41.8 Å². The van der Waals surface area contributed by atoms with E-state index >= 15 is 0 Å². The summed E-state index contributed by atoms with van der Waals surface area (Å²) in [7, 11) is 0. The first-order valence-corrected chi connectivity index (χ1v) is 7.16. The van der Waals surface area contributed by atoms with Crippen molar-refractivity contribution in [3.8, 4) is 5.75 Å². The quantitative estimate of drug-likeness (QED) is 0.493. The van der Waals surface area contributed by atoms with Crippen molar-refractivity contribution < 1.29 is 14.3 Å². The van der Waals surface area contributed by atoms with E-state index in [1.54, 1.807) is 13.0 Å². The third kappa shape index (κ3) is 4.04. The molecule has 0 radical (unpaired) electrons. The molecule has 0 saturated heterocycles. The molecule has 5 heteroatoms. The molecule has 1 N–H and O–H groups in total. The van der Waals surface area contributed by atoms with Gasteiger partial charge < -0.3 is 9.94 Å². The van der Waals surface area contributed by atoms with Crippen molar-refractivity contribution in [1.82, 2.24) is 0 Å². The highest BCUT2D eigenvalue weighted by molar-refractivity contribution is 9.10. The highest BCUT2D eigenvalue weighted by atomic mass is 79.9. The summed E-state index contributed by atoms with van der Waals surface area (Å²) in [6.07, 6.45) is 0. The van der Waals surface area contributed by atoms with Gasteiger partial charge in [-0.25, -0.2) is 4.39 Å². The minimum atomic E-state index is -0.319. The first kappa shape index (κ1) is 15.5. The third-order valence-corrected chi connectivity index (χ3v) is 3.45. The Labute approximate surface area is 131 Å². The van der Waals surface area contributed by atoms with E-state index in [1.807, 2.05) is 25.1 Å². The summed E-state index contributed by atoms with van der Waals surface area (Å²) in [6.45, 7) is 3.86. The molecule has 0 spiro atoms. The standard InChI is InChI=1S/C16H15BrFNO2/c1-10-3-4-15(11(2)19-20)16(5-10)21-9-12-6-13(17)8-14(18)7-12/h3-8,20H,9H2,1-2H3. The Balaban J connectivity index is 2.25. The van der Waals surface area contributed by atoms with Crippen molar-refractivity contribution in [1.29, 1.82) is 0 Å². The first-order chi connectivity index (χ1) is 9.99. The molecule has 0 aliphatic rings. The molecular weight excluding hydrogens is 337 g/mol. The van der Waals surface area contributed by atoms with Crippen LogP contribution < -0.4 is 4.74 Å². The van der Waals surface area contributed by atoms with E-state index in [2.05, 4.69) is 21.1 Å². The monoisotopic (exact) mass is 351 g/mol. The van der Waals surface area contributed by atoms with Crippen LogP contribution in [0.4, 0.5) is 4.39 Å². The maximum atomic E-state index is 13.3. The molecule has 0 unspecified atom stereocenters. The Morgan fingerprint density at radius 1 is 1.29 bits per heavy atom. The molecule has 110 valence electrons. The van der Waals surface area contributed by atoms with Gasteiger partial charge in [0.25, 0.3) is 0 Å². The number of hydrogen-bond donors (Lipinski definition) is 1. The SMILES string of the molecule is CC(=NO)c1ccc(C)cc1OCc1cc(F)cc(Br)c1. The van der Waals surface area contributed by atoms with Crippen LogP contribution in [-0.4, -0.2) is 10.9 Å². The summed E-state index contributed by atoms with van der Waals surface area (Å²) >= 11 is 3.25. The van der Waals surface area contributed by atoms with Crippen LogP contribution in [0.3, 0.4) is 0 Å². The van der Waals surface area contributed by atoms with Crippen molar-refractivity contribution in [2.75, 3.05) is 0 Å². The third-order valence-electron chi connectivity index (χ3n) is 2.99. The van der Waals surface area contributed by atoms with Crippen LogP contribution in [0.5, 0.6) is 5.75 Å². The van der Waals surface area contributed by atoms with Crippen LogP contribution in [0.25, 0.3) is 0 Å². The van der Waals surface area contributed by atoms with Crippen LogP contribution in [0.15, 0.2) is 46.0 Å². The highest BCUT2D eigenvalue weighted by Crippen LogP contribution is 2.23. The number of rotatable bonds is 4. The lowest BCUT2D eigenvalue weighted by molar-refractivity contribution is 0.302. The summed E-state index contributed by atoms with van der Waals surface area (Å²) in [5, 5.41) is 12.1. The van der Waals surface area contributed by atoms with Crippen molar-refractivity contribution >= 4 is 21.6 Å². The lowest BCUT2D eigenvalue weighted by Crippen LogP contribution is -2.03. The summed E-state index contributed by atoms with van der Waals surface area (Å²) in [4.78, 5) is 0. The second-order valence-corrected chi connectivity index (χ2v) is 5.67. The Morgan fingerprint density at radius 2 is 2.05 bits per heavy atom. The number of aryl methyl sites for hydroxylation is 1. The molecule has 0 fully saturated rings. The zero-order chi connectivity index (χ0) is 15.4. The van der Waals surface area contributed by atoms with E-state index in [9.17, 15) is 4.39 Å². The van der Waals surface area contributed by atoms with Gasteiger partial charge in [0.15, 0.2) is 0 Å². The maximum Gasteiger partial charge on any atom is 0.129 e. The number of hydrogen-bond acceptors (Lipinski definition) is 3. The van der Waals surface area contributed by atoms with E-state index < -0.39 is 0 Å². The summed E-state index contributed by atoms with van der Waals surface area (Å²) in [5.41, 5.74) is 2.91. The van der Waals surface area contributed by atoms with Crippen LogP contribution in [0, 0.1) is 12.7 Å². The molecule has 2 aromatic rings. The average Bonchev–Trinajstić information content (AvgIpc) is 2.43. The Morgan fingerprint density at radius 3 is 2.71 bits per heavy atom. The second-order valence-electron chi connectivity index (χ2n) is 4.75. The van der Waals surface area contributed by atoms with Crippen LogP contribution in [0.1, 0.15) is 23.6 Å². The van der Waals surface area contributed by atoms with Gasteiger partial charge in [-0.3, -0.25) is 0 Å².